The third-order valence-electron chi connectivity index (χ3n) is 5.35. The zero-order valence-corrected chi connectivity index (χ0v) is 14.5. The summed E-state index contributed by atoms with van der Waals surface area (Å²) in [5.41, 5.74) is 2.13. The first-order valence-corrected chi connectivity index (χ1v) is 8.85. The molecule has 1 saturated carbocycles. The van der Waals surface area contributed by atoms with Crippen molar-refractivity contribution >= 4 is 5.82 Å². The van der Waals surface area contributed by atoms with Gasteiger partial charge in [-0.1, -0.05) is 6.07 Å². The van der Waals surface area contributed by atoms with E-state index in [1.165, 1.54) is 0 Å². The Morgan fingerprint density at radius 2 is 1.92 bits per heavy atom. The molecule has 1 N–H and O–H groups in total. The molecular weight excluding hydrogens is 300 g/mol. The molecule has 0 spiro atoms. The quantitative estimate of drug-likeness (QED) is 0.925. The Hall–Kier alpha value is -1.92. The molecule has 3 heterocycles. The Bertz CT molecular complexity index is 682. The van der Waals surface area contributed by atoms with E-state index in [-0.39, 0.29) is 0 Å². The van der Waals surface area contributed by atoms with Crippen LogP contribution in [-0.2, 0) is 0 Å². The van der Waals surface area contributed by atoms with Gasteiger partial charge in [0.05, 0.1) is 17.9 Å². The molecule has 0 aromatic carbocycles. The minimum Gasteiger partial charge on any atom is -0.354 e. The van der Waals surface area contributed by atoms with Gasteiger partial charge in [-0.2, -0.15) is 5.10 Å². The Morgan fingerprint density at radius 3 is 2.67 bits per heavy atom. The van der Waals surface area contributed by atoms with Crippen molar-refractivity contribution in [2.75, 3.05) is 45.2 Å². The molecule has 1 aliphatic carbocycles. The largest absolute Gasteiger partial charge is 0.354 e. The third-order valence-corrected chi connectivity index (χ3v) is 5.35. The van der Waals surface area contributed by atoms with Gasteiger partial charge in [-0.3, -0.25) is 4.68 Å². The average molecular weight is 326 g/mol. The smallest absolute Gasteiger partial charge is 0.129 e. The Balaban J connectivity index is 1.48. The number of hydrogen-bond donors (Lipinski definition) is 1. The van der Waals surface area contributed by atoms with E-state index in [0.29, 0.717) is 12.1 Å². The second-order valence-corrected chi connectivity index (χ2v) is 6.99. The first-order chi connectivity index (χ1) is 11.7. The van der Waals surface area contributed by atoms with Crippen LogP contribution in [0.5, 0.6) is 0 Å². The molecule has 2 fully saturated rings. The van der Waals surface area contributed by atoms with E-state index in [4.69, 9.17) is 4.98 Å². The topological polar surface area (TPSA) is 49.2 Å². The van der Waals surface area contributed by atoms with Crippen molar-refractivity contribution in [3.63, 3.8) is 0 Å². The highest BCUT2D eigenvalue weighted by Gasteiger charge is 2.29. The van der Waals surface area contributed by atoms with Gasteiger partial charge < -0.3 is 15.1 Å². The average Bonchev–Trinajstić information content (AvgIpc) is 3.04. The van der Waals surface area contributed by atoms with Gasteiger partial charge in [-0.15, -0.1) is 0 Å². The van der Waals surface area contributed by atoms with Crippen molar-refractivity contribution in [2.24, 2.45) is 0 Å². The number of hydrogen-bond acceptors (Lipinski definition) is 5. The number of likely N-dealkylation sites (N-methyl/N-ethyl adjacent to an activating group) is 1. The van der Waals surface area contributed by atoms with E-state index in [0.717, 1.165) is 56.1 Å². The fourth-order valence-electron chi connectivity index (χ4n) is 3.51. The molecule has 1 aliphatic heterocycles. The number of nitrogens with one attached hydrogen (secondary N) is 1. The minimum atomic E-state index is 0.525. The lowest BCUT2D eigenvalue weighted by atomic mass is 9.87. The molecule has 0 unspecified atom stereocenters. The lowest BCUT2D eigenvalue weighted by Gasteiger charge is -2.35. The van der Waals surface area contributed by atoms with Crippen molar-refractivity contribution < 1.29 is 0 Å². The summed E-state index contributed by atoms with van der Waals surface area (Å²) in [6.45, 7) is 4.27. The van der Waals surface area contributed by atoms with E-state index in [1.54, 1.807) is 0 Å². The normalized spacial score (nSPS) is 24.8. The van der Waals surface area contributed by atoms with Crippen LogP contribution in [0.15, 0.2) is 30.6 Å². The molecule has 4 rings (SSSR count). The van der Waals surface area contributed by atoms with Crippen molar-refractivity contribution in [2.45, 2.75) is 24.9 Å². The van der Waals surface area contributed by atoms with Crippen LogP contribution in [0.1, 0.15) is 18.9 Å². The zero-order valence-electron chi connectivity index (χ0n) is 14.5. The van der Waals surface area contributed by atoms with E-state index in [9.17, 15) is 0 Å². The van der Waals surface area contributed by atoms with E-state index in [2.05, 4.69) is 56.3 Å². The van der Waals surface area contributed by atoms with Crippen LogP contribution < -0.4 is 10.2 Å². The van der Waals surface area contributed by atoms with Crippen LogP contribution >= 0.6 is 0 Å². The third kappa shape index (κ3) is 3.03. The first-order valence-electron chi connectivity index (χ1n) is 8.85. The minimum absolute atomic E-state index is 0.525. The molecule has 0 amide bonds. The van der Waals surface area contributed by atoms with Crippen LogP contribution in [-0.4, -0.2) is 66.0 Å². The predicted molar refractivity (Wildman–Crippen MR) is 96.3 cm³/mol. The highest BCUT2D eigenvalue weighted by Crippen LogP contribution is 2.32. The maximum absolute atomic E-state index is 4.88. The van der Waals surface area contributed by atoms with Gasteiger partial charge in [0, 0.05) is 44.0 Å². The molecule has 24 heavy (non-hydrogen) atoms. The fourth-order valence-corrected chi connectivity index (χ4v) is 3.51. The molecule has 2 aromatic rings. The fraction of sp³-hybridized carbons (Fsp3) is 0.556. The summed E-state index contributed by atoms with van der Waals surface area (Å²) in [7, 11) is 4.21. The van der Waals surface area contributed by atoms with Gasteiger partial charge in [-0.05, 0) is 39.1 Å². The standard InChI is InChI=1S/C18H26N6/c1-19-15-10-16(11-15)24-13-14(12-20-24)17-4-3-5-18(21-17)23-8-6-22(2)7-9-23/h3-5,12-13,15-16,19H,6-11H2,1-2H3/t15-,16-. The van der Waals surface area contributed by atoms with Crippen molar-refractivity contribution in [1.29, 1.82) is 0 Å². The summed E-state index contributed by atoms with van der Waals surface area (Å²) in [4.78, 5) is 9.62. The SMILES string of the molecule is CN[C@H]1C[C@H](n2cc(-c3cccc(N4CCN(C)CC4)n3)cn2)C1. The van der Waals surface area contributed by atoms with Crippen LogP contribution in [0.2, 0.25) is 0 Å². The Kier molecular flexibility index (Phi) is 4.24. The highest BCUT2D eigenvalue weighted by atomic mass is 15.3. The first kappa shape index (κ1) is 15.6. The van der Waals surface area contributed by atoms with E-state index >= 15 is 0 Å². The number of nitrogens with zero attached hydrogens (tertiary/aromatic N) is 5. The van der Waals surface area contributed by atoms with Crippen LogP contribution in [0.25, 0.3) is 11.3 Å². The van der Waals surface area contributed by atoms with Crippen molar-refractivity contribution in [1.82, 2.24) is 25.0 Å². The maximum Gasteiger partial charge on any atom is 0.129 e. The summed E-state index contributed by atoms with van der Waals surface area (Å²) in [6.07, 6.45) is 6.41. The Morgan fingerprint density at radius 1 is 1.12 bits per heavy atom. The van der Waals surface area contributed by atoms with E-state index < -0.39 is 0 Å². The molecular formula is C18H26N6. The summed E-state index contributed by atoms with van der Waals surface area (Å²) in [5.74, 6) is 1.08. The molecule has 2 aliphatic rings. The number of aromatic nitrogens is 3. The second-order valence-electron chi connectivity index (χ2n) is 6.99. The van der Waals surface area contributed by atoms with Gasteiger partial charge in [0.15, 0.2) is 0 Å². The van der Waals surface area contributed by atoms with Crippen LogP contribution in [0, 0.1) is 0 Å². The van der Waals surface area contributed by atoms with Gasteiger partial charge >= 0.3 is 0 Å². The monoisotopic (exact) mass is 326 g/mol. The van der Waals surface area contributed by atoms with Gasteiger partial charge in [0.2, 0.25) is 0 Å². The molecule has 0 bridgehead atoms. The van der Waals surface area contributed by atoms with Crippen molar-refractivity contribution in [3.8, 4) is 11.3 Å². The second kappa shape index (κ2) is 6.53. The van der Waals surface area contributed by atoms with Gasteiger partial charge in [0.1, 0.15) is 5.82 Å². The molecule has 128 valence electrons. The van der Waals surface area contributed by atoms with Crippen molar-refractivity contribution in [3.05, 3.63) is 30.6 Å². The number of piperazine rings is 1. The zero-order chi connectivity index (χ0) is 16.5. The molecule has 2 aromatic heterocycles. The summed E-state index contributed by atoms with van der Waals surface area (Å²) < 4.78 is 2.10. The molecule has 1 saturated heterocycles. The lowest BCUT2D eigenvalue weighted by Crippen LogP contribution is -2.44. The lowest BCUT2D eigenvalue weighted by molar-refractivity contribution is 0.220. The molecule has 0 radical (unpaired) electrons. The predicted octanol–water partition coefficient (Wildman–Crippen LogP) is 1.62. The number of anilines is 1. The Labute approximate surface area is 143 Å². The maximum atomic E-state index is 4.88. The number of pyridine rings is 1. The highest BCUT2D eigenvalue weighted by molar-refractivity contribution is 5.60. The summed E-state index contributed by atoms with van der Waals surface area (Å²) >= 11 is 0. The summed E-state index contributed by atoms with van der Waals surface area (Å²) in [6, 6.07) is 7.47. The molecule has 6 heteroatoms. The van der Waals surface area contributed by atoms with Crippen LogP contribution in [0.3, 0.4) is 0 Å². The number of rotatable bonds is 4. The summed E-state index contributed by atoms with van der Waals surface area (Å²) in [5, 5.41) is 7.89. The van der Waals surface area contributed by atoms with E-state index in [1.807, 2.05) is 13.2 Å². The van der Waals surface area contributed by atoms with Gasteiger partial charge in [0.25, 0.3) is 0 Å². The molecule has 0 atom stereocenters. The molecule has 6 nitrogen and oxygen atoms in total. The van der Waals surface area contributed by atoms with Gasteiger partial charge in [-0.25, -0.2) is 4.98 Å². The van der Waals surface area contributed by atoms with Crippen LogP contribution in [0.4, 0.5) is 5.82 Å².